The van der Waals surface area contributed by atoms with Gasteiger partial charge in [-0.1, -0.05) is 13.8 Å². The van der Waals surface area contributed by atoms with E-state index in [1.54, 1.807) is 0 Å². The number of hydrogen-bond donors (Lipinski definition) is 1. The Morgan fingerprint density at radius 3 is 2.58 bits per heavy atom. The maximum Gasteiger partial charge on any atom is 0.0600 e. The third-order valence-electron chi connectivity index (χ3n) is 4.62. The second-order valence-corrected chi connectivity index (χ2v) is 5.78. The van der Waals surface area contributed by atoms with Crippen molar-refractivity contribution in [2.24, 2.45) is 0 Å². The quantitative estimate of drug-likeness (QED) is 0.751. The molecule has 2 fully saturated rings. The van der Waals surface area contributed by atoms with Gasteiger partial charge in [0.25, 0.3) is 0 Å². The van der Waals surface area contributed by atoms with Gasteiger partial charge in [0.05, 0.1) is 12.7 Å². The maximum atomic E-state index is 6.00. The lowest BCUT2D eigenvalue weighted by Gasteiger charge is -2.27. The van der Waals surface area contributed by atoms with Crippen LogP contribution in [0.3, 0.4) is 0 Å². The standard InChI is InChI=1S/C15H31N3O/c1-3-18(4-2)14-7-10-17(13-14)11-12-19-15-5-8-16-9-6-15/h14-16H,3-13H2,1-2H3. The van der Waals surface area contributed by atoms with E-state index >= 15 is 0 Å². The molecule has 0 bridgehead atoms. The number of piperidine rings is 1. The number of hydrogen-bond acceptors (Lipinski definition) is 4. The van der Waals surface area contributed by atoms with Crippen molar-refractivity contribution >= 4 is 0 Å². The first-order valence-corrected chi connectivity index (χ1v) is 8.12. The predicted molar refractivity (Wildman–Crippen MR) is 79.6 cm³/mol. The molecule has 2 aliphatic heterocycles. The van der Waals surface area contributed by atoms with Crippen molar-refractivity contribution in [1.82, 2.24) is 15.1 Å². The Labute approximate surface area is 118 Å². The van der Waals surface area contributed by atoms with Crippen molar-refractivity contribution in [3.63, 3.8) is 0 Å². The number of nitrogens with one attached hydrogen (secondary N) is 1. The second kappa shape index (κ2) is 8.20. The monoisotopic (exact) mass is 269 g/mol. The molecule has 2 rings (SSSR count). The lowest BCUT2D eigenvalue weighted by molar-refractivity contribution is 0.0221. The molecule has 0 spiro atoms. The van der Waals surface area contributed by atoms with Crippen molar-refractivity contribution < 1.29 is 4.74 Å². The minimum atomic E-state index is 0.502. The molecule has 0 aliphatic carbocycles. The Hall–Kier alpha value is -0.160. The van der Waals surface area contributed by atoms with Crippen LogP contribution >= 0.6 is 0 Å². The van der Waals surface area contributed by atoms with Gasteiger partial charge in [-0.2, -0.15) is 0 Å². The highest BCUT2D eigenvalue weighted by molar-refractivity contribution is 4.82. The second-order valence-electron chi connectivity index (χ2n) is 5.78. The minimum absolute atomic E-state index is 0.502. The molecule has 19 heavy (non-hydrogen) atoms. The van der Waals surface area contributed by atoms with E-state index in [9.17, 15) is 0 Å². The third kappa shape index (κ3) is 4.71. The Kier molecular flexibility index (Phi) is 6.57. The average Bonchev–Trinajstić information content (AvgIpc) is 2.90. The lowest BCUT2D eigenvalue weighted by Crippen LogP contribution is -2.38. The van der Waals surface area contributed by atoms with Crippen LogP contribution in [0.4, 0.5) is 0 Å². The fourth-order valence-electron chi connectivity index (χ4n) is 3.36. The number of rotatable bonds is 7. The van der Waals surface area contributed by atoms with Crippen molar-refractivity contribution in [1.29, 1.82) is 0 Å². The number of likely N-dealkylation sites (tertiary alicyclic amines) is 1. The summed E-state index contributed by atoms with van der Waals surface area (Å²) in [5, 5.41) is 3.38. The van der Waals surface area contributed by atoms with E-state index < -0.39 is 0 Å². The van der Waals surface area contributed by atoms with Crippen LogP contribution in [0.15, 0.2) is 0 Å². The van der Waals surface area contributed by atoms with Crippen molar-refractivity contribution in [3.05, 3.63) is 0 Å². The van der Waals surface area contributed by atoms with Crippen molar-refractivity contribution in [2.75, 3.05) is 52.4 Å². The first-order chi connectivity index (χ1) is 9.33. The summed E-state index contributed by atoms with van der Waals surface area (Å²) in [6, 6.07) is 0.772. The highest BCUT2D eigenvalue weighted by atomic mass is 16.5. The molecule has 0 radical (unpaired) electrons. The van der Waals surface area contributed by atoms with Crippen LogP contribution < -0.4 is 5.32 Å². The van der Waals surface area contributed by atoms with Gasteiger partial charge in [-0.3, -0.25) is 9.80 Å². The lowest BCUT2D eigenvalue weighted by atomic mass is 10.1. The van der Waals surface area contributed by atoms with E-state index in [0.29, 0.717) is 6.10 Å². The molecule has 0 aromatic carbocycles. The molecule has 2 heterocycles. The van der Waals surface area contributed by atoms with Gasteiger partial charge in [0.2, 0.25) is 0 Å². The molecule has 4 heteroatoms. The van der Waals surface area contributed by atoms with Crippen LogP contribution in [0.25, 0.3) is 0 Å². The largest absolute Gasteiger partial charge is 0.377 e. The maximum absolute atomic E-state index is 6.00. The molecule has 0 saturated carbocycles. The average molecular weight is 269 g/mol. The molecule has 1 atom stereocenters. The topological polar surface area (TPSA) is 27.7 Å². The van der Waals surface area contributed by atoms with Crippen LogP contribution in [0.2, 0.25) is 0 Å². The molecule has 1 unspecified atom stereocenters. The number of ether oxygens (including phenoxy) is 1. The highest BCUT2D eigenvalue weighted by Crippen LogP contribution is 2.15. The molecule has 0 aromatic heterocycles. The van der Waals surface area contributed by atoms with Crippen LogP contribution in [-0.4, -0.2) is 74.4 Å². The Bertz CT molecular complexity index is 240. The zero-order chi connectivity index (χ0) is 13.5. The Balaban J connectivity index is 1.59. The third-order valence-corrected chi connectivity index (χ3v) is 4.62. The summed E-state index contributed by atoms with van der Waals surface area (Å²) in [5.74, 6) is 0. The van der Waals surface area contributed by atoms with Gasteiger partial charge in [-0.25, -0.2) is 0 Å². The molecule has 2 saturated heterocycles. The van der Waals surface area contributed by atoms with Crippen LogP contribution in [0.5, 0.6) is 0 Å². The summed E-state index contributed by atoms with van der Waals surface area (Å²) in [4.78, 5) is 5.16. The first kappa shape index (κ1) is 15.2. The van der Waals surface area contributed by atoms with Crippen LogP contribution in [0.1, 0.15) is 33.1 Å². The van der Waals surface area contributed by atoms with Gasteiger partial charge in [0, 0.05) is 19.1 Å². The minimum Gasteiger partial charge on any atom is -0.377 e. The van der Waals surface area contributed by atoms with Crippen LogP contribution in [0, 0.1) is 0 Å². The Morgan fingerprint density at radius 2 is 1.89 bits per heavy atom. The van der Waals surface area contributed by atoms with E-state index in [2.05, 4.69) is 29.0 Å². The molecular weight excluding hydrogens is 238 g/mol. The summed E-state index contributed by atoms with van der Waals surface area (Å²) < 4.78 is 6.00. The number of nitrogens with zero attached hydrogens (tertiary/aromatic N) is 2. The summed E-state index contributed by atoms with van der Waals surface area (Å²) >= 11 is 0. The summed E-state index contributed by atoms with van der Waals surface area (Å²) in [6.45, 7) is 13.7. The van der Waals surface area contributed by atoms with E-state index in [4.69, 9.17) is 4.74 Å². The molecule has 1 N–H and O–H groups in total. The summed E-state index contributed by atoms with van der Waals surface area (Å²) in [7, 11) is 0. The van der Waals surface area contributed by atoms with Crippen molar-refractivity contribution in [2.45, 2.75) is 45.3 Å². The first-order valence-electron chi connectivity index (χ1n) is 8.12. The molecule has 2 aliphatic rings. The predicted octanol–water partition coefficient (Wildman–Crippen LogP) is 1.17. The van der Waals surface area contributed by atoms with Gasteiger partial charge in [0.1, 0.15) is 0 Å². The zero-order valence-corrected chi connectivity index (χ0v) is 12.7. The summed E-state index contributed by atoms with van der Waals surface area (Å²) in [5.41, 5.74) is 0. The molecular formula is C15H31N3O. The normalized spacial score (nSPS) is 26.4. The molecule has 0 aromatic rings. The van der Waals surface area contributed by atoms with Gasteiger partial charge in [-0.05, 0) is 52.0 Å². The smallest absolute Gasteiger partial charge is 0.0600 e. The van der Waals surface area contributed by atoms with E-state index in [-0.39, 0.29) is 0 Å². The van der Waals surface area contributed by atoms with Gasteiger partial charge in [0.15, 0.2) is 0 Å². The fourth-order valence-corrected chi connectivity index (χ4v) is 3.36. The SMILES string of the molecule is CCN(CC)C1CCN(CCOC2CCNCC2)C1. The molecule has 0 amide bonds. The fraction of sp³-hybridized carbons (Fsp3) is 1.00. The van der Waals surface area contributed by atoms with Gasteiger partial charge >= 0.3 is 0 Å². The summed E-state index contributed by atoms with van der Waals surface area (Å²) in [6.07, 6.45) is 4.20. The highest BCUT2D eigenvalue weighted by Gasteiger charge is 2.25. The number of likely N-dealkylation sites (N-methyl/N-ethyl adjacent to an activating group) is 1. The van der Waals surface area contributed by atoms with Crippen molar-refractivity contribution in [3.8, 4) is 0 Å². The van der Waals surface area contributed by atoms with Gasteiger partial charge < -0.3 is 10.1 Å². The molecule has 112 valence electrons. The van der Waals surface area contributed by atoms with E-state index in [0.717, 1.165) is 32.3 Å². The van der Waals surface area contributed by atoms with Gasteiger partial charge in [-0.15, -0.1) is 0 Å². The molecule has 4 nitrogen and oxygen atoms in total. The zero-order valence-electron chi connectivity index (χ0n) is 12.7. The van der Waals surface area contributed by atoms with Crippen LogP contribution in [-0.2, 0) is 4.74 Å². The van der Waals surface area contributed by atoms with E-state index in [1.807, 2.05) is 0 Å². The van der Waals surface area contributed by atoms with E-state index in [1.165, 1.54) is 45.4 Å². The Morgan fingerprint density at radius 1 is 1.16 bits per heavy atom.